The number of amides is 1. The highest BCUT2D eigenvalue weighted by molar-refractivity contribution is 7.99. The Morgan fingerprint density at radius 1 is 1.33 bits per heavy atom. The van der Waals surface area contributed by atoms with E-state index in [4.69, 9.17) is 5.11 Å². The fourth-order valence-corrected chi connectivity index (χ4v) is 2.80. The van der Waals surface area contributed by atoms with Crippen LogP contribution in [-0.2, 0) is 9.59 Å². The van der Waals surface area contributed by atoms with Crippen molar-refractivity contribution < 1.29 is 14.7 Å². The molecule has 1 aliphatic rings. The van der Waals surface area contributed by atoms with Gasteiger partial charge in [0.25, 0.3) is 0 Å². The maximum atomic E-state index is 12.0. The van der Waals surface area contributed by atoms with E-state index in [1.54, 1.807) is 16.7 Å². The van der Waals surface area contributed by atoms with Crippen molar-refractivity contribution in [2.45, 2.75) is 4.90 Å². The Morgan fingerprint density at radius 3 is 2.89 bits per heavy atom. The van der Waals surface area contributed by atoms with Crippen LogP contribution in [0.4, 0.5) is 5.69 Å². The second kappa shape index (κ2) is 5.88. The van der Waals surface area contributed by atoms with Gasteiger partial charge in [-0.05, 0) is 12.1 Å². The topological polar surface area (TPSA) is 69.6 Å². The van der Waals surface area contributed by atoms with E-state index in [2.05, 4.69) is 5.32 Å². The molecule has 0 aromatic heterocycles. The monoisotopic (exact) mass is 266 g/mol. The molecule has 1 aromatic carbocycles. The Kier molecular flexibility index (Phi) is 4.22. The van der Waals surface area contributed by atoms with E-state index < -0.39 is 5.97 Å². The lowest BCUT2D eigenvalue weighted by Gasteiger charge is -2.29. The number of carboxylic acid groups (broad SMARTS) is 1. The van der Waals surface area contributed by atoms with Crippen molar-refractivity contribution in [3.8, 4) is 0 Å². The van der Waals surface area contributed by atoms with Crippen LogP contribution in [0.2, 0.25) is 0 Å². The van der Waals surface area contributed by atoms with Gasteiger partial charge in [0.05, 0.1) is 18.8 Å². The van der Waals surface area contributed by atoms with Crippen molar-refractivity contribution >= 4 is 29.3 Å². The molecule has 1 heterocycles. The lowest BCUT2D eigenvalue weighted by atomic mass is 10.2. The largest absolute Gasteiger partial charge is 0.480 e. The number of fused-ring (bicyclic) bond motifs is 1. The Hall–Kier alpha value is -1.53. The zero-order chi connectivity index (χ0) is 13.0. The number of hydrogen-bond donors (Lipinski definition) is 2. The van der Waals surface area contributed by atoms with Crippen molar-refractivity contribution in [2.24, 2.45) is 0 Å². The molecule has 6 heteroatoms. The molecule has 0 radical (unpaired) electrons. The van der Waals surface area contributed by atoms with Gasteiger partial charge >= 0.3 is 5.97 Å². The number of nitrogens with one attached hydrogen (secondary N) is 1. The maximum Gasteiger partial charge on any atom is 0.317 e. The SMILES string of the molecule is O=C(O)CNCC(=O)N1CCSc2ccccc21. The van der Waals surface area contributed by atoms with Crippen molar-refractivity contribution in [1.82, 2.24) is 5.32 Å². The van der Waals surface area contributed by atoms with E-state index in [0.717, 1.165) is 16.3 Å². The average Bonchev–Trinajstić information content (AvgIpc) is 2.37. The standard InChI is InChI=1S/C12H14N2O3S/c15-11(7-13-8-12(16)17)14-5-6-18-10-4-2-1-3-9(10)14/h1-4,13H,5-8H2,(H,16,17). The number of thioether (sulfide) groups is 1. The average molecular weight is 266 g/mol. The number of benzene rings is 1. The zero-order valence-electron chi connectivity index (χ0n) is 9.76. The molecule has 0 spiro atoms. The molecule has 1 aliphatic heterocycles. The lowest BCUT2D eigenvalue weighted by Crippen LogP contribution is -2.42. The van der Waals surface area contributed by atoms with Crippen molar-refractivity contribution in [3.05, 3.63) is 24.3 Å². The maximum absolute atomic E-state index is 12.0. The molecule has 0 unspecified atom stereocenters. The minimum Gasteiger partial charge on any atom is -0.480 e. The molecule has 2 rings (SSSR count). The summed E-state index contributed by atoms with van der Waals surface area (Å²) in [6.45, 7) is 0.510. The summed E-state index contributed by atoms with van der Waals surface area (Å²) in [4.78, 5) is 25.2. The number of carboxylic acids is 1. The van der Waals surface area contributed by atoms with Gasteiger partial charge in [0, 0.05) is 17.2 Å². The minimum atomic E-state index is -0.961. The summed E-state index contributed by atoms with van der Waals surface area (Å²) in [6.07, 6.45) is 0. The number of carbonyl (C=O) groups excluding carboxylic acids is 1. The number of anilines is 1. The van der Waals surface area contributed by atoms with E-state index in [0.29, 0.717) is 6.54 Å². The third-order valence-electron chi connectivity index (χ3n) is 2.58. The van der Waals surface area contributed by atoms with Crippen LogP contribution in [0.25, 0.3) is 0 Å². The Morgan fingerprint density at radius 2 is 2.11 bits per heavy atom. The molecule has 18 heavy (non-hydrogen) atoms. The molecule has 0 bridgehead atoms. The van der Waals surface area contributed by atoms with E-state index in [9.17, 15) is 9.59 Å². The molecular formula is C12H14N2O3S. The second-order valence-corrected chi connectivity index (χ2v) is 5.00. The van der Waals surface area contributed by atoms with Crippen LogP contribution in [0.15, 0.2) is 29.2 Å². The molecule has 0 aliphatic carbocycles. The first-order chi connectivity index (χ1) is 8.68. The third kappa shape index (κ3) is 3.02. The quantitative estimate of drug-likeness (QED) is 0.843. The van der Waals surface area contributed by atoms with Gasteiger partial charge in [-0.2, -0.15) is 0 Å². The Bertz CT molecular complexity index is 464. The summed E-state index contributed by atoms with van der Waals surface area (Å²) in [5, 5.41) is 11.1. The summed E-state index contributed by atoms with van der Waals surface area (Å²) in [5.74, 6) is -0.191. The Labute approximate surface area is 109 Å². The highest BCUT2D eigenvalue weighted by Gasteiger charge is 2.22. The fourth-order valence-electron chi connectivity index (χ4n) is 1.80. The fraction of sp³-hybridized carbons (Fsp3) is 0.333. The van der Waals surface area contributed by atoms with Crippen LogP contribution in [0.1, 0.15) is 0 Å². The van der Waals surface area contributed by atoms with Gasteiger partial charge < -0.3 is 10.0 Å². The lowest BCUT2D eigenvalue weighted by molar-refractivity contribution is -0.135. The molecular weight excluding hydrogens is 252 g/mol. The number of rotatable bonds is 4. The summed E-state index contributed by atoms with van der Waals surface area (Å²) < 4.78 is 0. The van der Waals surface area contributed by atoms with Gasteiger partial charge in [0.15, 0.2) is 0 Å². The summed E-state index contributed by atoms with van der Waals surface area (Å²) >= 11 is 1.73. The predicted molar refractivity (Wildman–Crippen MR) is 70.0 cm³/mol. The van der Waals surface area contributed by atoms with E-state index in [1.807, 2.05) is 24.3 Å². The minimum absolute atomic E-state index is 0.0469. The van der Waals surface area contributed by atoms with Crippen LogP contribution in [0, 0.1) is 0 Å². The molecule has 0 fully saturated rings. The van der Waals surface area contributed by atoms with Crippen LogP contribution in [0.5, 0.6) is 0 Å². The molecule has 0 saturated heterocycles. The van der Waals surface area contributed by atoms with Crippen LogP contribution >= 0.6 is 11.8 Å². The molecule has 1 aromatic rings. The number of nitrogens with zero attached hydrogens (tertiary/aromatic N) is 1. The van der Waals surface area contributed by atoms with Gasteiger partial charge in [-0.3, -0.25) is 14.9 Å². The highest BCUT2D eigenvalue weighted by atomic mass is 32.2. The molecule has 5 nitrogen and oxygen atoms in total. The second-order valence-electron chi connectivity index (χ2n) is 3.86. The smallest absolute Gasteiger partial charge is 0.317 e. The van der Waals surface area contributed by atoms with Crippen molar-refractivity contribution in [3.63, 3.8) is 0 Å². The van der Waals surface area contributed by atoms with Gasteiger partial charge in [-0.15, -0.1) is 11.8 Å². The number of aliphatic carboxylic acids is 1. The molecule has 0 saturated carbocycles. The first-order valence-electron chi connectivity index (χ1n) is 5.63. The highest BCUT2D eigenvalue weighted by Crippen LogP contribution is 2.34. The van der Waals surface area contributed by atoms with E-state index >= 15 is 0 Å². The van der Waals surface area contributed by atoms with Crippen molar-refractivity contribution in [1.29, 1.82) is 0 Å². The summed E-state index contributed by atoms with van der Waals surface area (Å²) in [7, 11) is 0. The third-order valence-corrected chi connectivity index (χ3v) is 3.62. The summed E-state index contributed by atoms with van der Waals surface area (Å²) in [5.41, 5.74) is 0.913. The number of hydrogen-bond acceptors (Lipinski definition) is 4. The van der Waals surface area contributed by atoms with Crippen LogP contribution in [-0.4, -0.2) is 42.4 Å². The number of para-hydroxylation sites is 1. The molecule has 2 N–H and O–H groups in total. The first-order valence-corrected chi connectivity index (χ1v) is 6.62. The molecule has 1 amide bonds. The van der Waals surface area contributed by atoms with Crippen LogP contribution < -0.4 is 10.2 Å². The molecule has 96 valence electrons. The van der Waals surface area contributed by atoms with Crippen molar-refractivity contribution in [2.75, 3.05) is 30.3 Å². The first kappa shape index (κ1) is 12.9. The Balaban J connectivity index is 2.01. The summed E-state index contributed by atoms with van der Waals surface area (Å²) in [6, 6.07) is 7.75. The predicted octanol–water partition coefficient (Wildman–Crippen LogP) is 0.799. The van der Waals surface area contributed by atoms with E-state index in [1.165, 1.54) is 0 Å². The zero-order valence-corrected chi connectivity index (χ0v) is 10.6. The normalized spacial score (nSPS) is 14.1. The van der Waals surface area contributed by atoms with Gasteiger partial charge in [-0.1, -0.05) is 12.1 Å². The van der Waals surface area contributed by atoms with Gasteiger partial charge in [0.1, 0.15) is 0 Å². The number of carbonyl (C=O) groups is 2. The molecule has 0 atom stereocenters. The van der Waals surface area contributed by atoms with Gasteiger partial charge in [0.2, 0.25) is 5.91 Å². The van der Waals surface area contributed by atoms with E-state index in [-0.39, 0.29) is 19.0 Å². The van der Waals surface area contributed by atoms with Gasteiger partial charge in [-0.25, -0.2) is 0 Å². The van der Waals surface area contributed by atoms with Crippen LogP contribution in [0.3, 0.4) is 0 Å².